The first-order valence-electron chi connectivity index (χ1n) is 4.02. The molecule has 4 nitrogen and oxygen atoms in total. The molecule has 0 spiro atoms. The summed E-state index contributed by atoms with van der Waals surface area (Å²) in [5, 5.41) is 0. The second-order valence-corrected chi connectivity index (χ2v) is 7.73. The molecular formula is C7H17O4PS. The van der Waals surface area contributed by atoms with Crippen molar-refractivity contribution >= 4 is 23.5 Å². The van der Waals surface area contributed by atoms with E-state index in [0.717, 1.165) is 6.26 Å². The summed E-state index contributed by atoms with van der Waals surface area (Å²) in [6.45, 7) is 4.43. The summed E-state index contributed by atoms with van der Waals surface area (Å²) in [7, 11) is -5.52. The number of rotatable bonds is 6. The van der Waals surface area contributed by atoms with Crippen molar-refractivity contribution in [2.45, 2.75) is 13.8 Å². The first kappa shape index (κ1) is 13.2. The molecule has 0 rings (SSSR count). The highest BCUT2D eigenvalue weighted by Crippen LogP contribution is 2.48. The molecule has 0 bridgehead atoms. The first-order chi connectivity index (χ1) is 5.83. The molecule has 0 amide bonds. The van der Waals surface area contributed by atoms with Gasteiger partial charge in [-0.2, -0.15) is 0 Å². The van der Waals surface area contributed by atoms with Gasteiger partial charge < -0.3 is 9.05 Å². The lowest BCUT2D eigenvalue weighted by Gasteiger charge is -2.22. The number of hydrogen-bond donors (Lipinski definition) is 0. The van der Waals surface area contributed by atoms with Gasteiger partial charge in [0.2, 0.25) is 0 Å². The second-order valence-electron chi connectivity index (χ2n) is 2.70. The average molecular weight is 228 g/mol. The van der Waals surface area contributed by atoms with E-state index in [2.05, 4.69) is 6.30 Å². The van der Waals surface area contributed by atoms with E-state index in [0.29, 0.717) is 13.2 Å². The van der Waals surface area contributed by atoms with E-state index in [-0.39, 0.29) is 5.49 Å². The van der Waals surface area contributed by atoms with Gasteiger partial charge in [-0.15, -0.1) is 0 Å². The minimum Gasteiger partial charge on any atom is -0.337 e. The smallest absolute Gasteiger partial charge is 0.155 e. The van der Waals surface area contributed by atoms with Gasteiger partial charge in [0.1, 0.15) is 12.8 Å². The van der Waals surface area contributed by atoms with Crippen LogP contribution in [0.2, 0.25) is 0 Å². The molecule has 13 heavy (non-hydrogen) atoms. The Kier molecular flexibility index (Phi) is 5.22. The molecule has 0 aromatic heterocycles. The Morgan fingerprint density at radius 1 is 1.23 bits per heavy atom. The van der Waals surface area contributed by atoms with Crippen LogP contribution in [0.5, 0.6) is 0 Å². The Morgan fingerprint density at radius 2 is 1.62 bits per heavy atom. The summed E-state index contributed by atoms with van der Waals surface area (Å²) >= 11 is 0. The van der Waals surface area contributed by atoms with Crippen LogP contribution < -0.4 is 0 Å². The van der Waals surface area contributed by atoms with Crippen LogP contribution in [0, 0.1) is 0 Å². The van der Waals surface area contributed by atoms with Crippen LogP contribution in [0.1, 0.15) is 13.8 Å². The predicted octanol–water partition coefficient (Wildman–Crippen LogP) is 1.34. The third-order valence-corrected chi connectivity index (χ3v) is 6.07. The molecule has 0 unspecified atom stereocenters. The minimum absolute atomic E-state index is 0.109. The van der Waals surface area contributed by atoms with Crippen LogP contribution in [-0.2, 0) is 18.9 Å². The zero-order valence-electron chi connectivity index (χ0n) is 8.32. The molecule has 0 radical (unpaired) electrons. The van der Waals surface area contributed by atoms with E-state index in [1.165, 1.54) is 0 Å². The molecule has 0 aromatic rings. The maximum absolute atomic E-state index is 11.0. The molecule has 6 heteroatoms. The van der Waals surface area contributed by atoms with E-state index in [9.17, 15) is 8.42 Å². The summed E-state index contributed by atoms with van der Waals surface area (Å²) in [4.78, 5) is 0. The molecule has 0 aliphatic rings. The van der Waals surface area contributed by atoms with Gasteiger partial charge in [-0.1, -0.05) is 6.30 Å². The Morgan fingerprint density at radius 3 is 1.85 bits per heavy atom. The monoisotopic (exact) mass is 228 g/mol. The van der Waals surface area contributed by atoms with Gasteiger partial charge in [0, 0.05) is 6.26 Å². The van der Waals surface area contributed by atoms with Crippen molar-refractivity contribution < 1.29 is 17.5 Å². The average Bonchev–Trinajstić information content (AvgIpc) is 1.82. The molecule has 0 saturated heterocycles. The lowest BCUT2D eigenvalue weighted by atomic mass is 10.9. The Balaban J connectivity index is 4.51. The molecule has 0 fully saturated rings. The molecule has 0 aliphatic carbocycles. The first-order valence-corrected chi connectivity index (χ1v) is 8.08. The van der Waals surface area contributed by atoms with Crippen LogP contribution in [0.3, 0.4) is 0 Å². The third kappa shape index (κ3) is 6.27. The molecule has 0 heterocycles. The topological polar surface area (TPSA) is 52.6 Å². The van der Waals surface area contributed by atoms with Gasteiger partial charge in [-0.25, -0.2) is 8.42 Å². The number of sulfone groups is 1. The minimum atomic E-state index is -3.09. The van der Waals surface area contributed by atoms with Gasteiger partial charge in [0.25, 0.3) is 0 Å². The van der Waals surface area contributed by atoms with Gasteiger partial charge in [0.05, 0.1) is 13.2 Å². The highest BCUT2D eigenvalue weighted by molar-refractivity contribution is 7.98. The van der Waals surface area contributed by atoms with E-state index in [1.807, 2.05) is 0 Å². The summed E-state index contributed by atoms with van der Waals surface area (Å²) in [5.74, 6) is 0. The lowest BCUT2D eigenvalue weighted by Crippen LogP contribution is -2.08. The zero-order valence-corrected chi connectivity index (χ0v) is 10.0. The van der Waals surface area contributed by atoms with Crippen molar-refractivity contribution in [3.05, 3.63) is 0 Å². The van der Waals surface area contributed by atoms with Crippen molar-refractivity contribution in [1.82, 2.24) is 0 Å². The maximum Gasteiger partial charge on any atom is 0.155 e. The Bertz CT molecular complexity index is 273. The fraction of sp³-hybridized carbons (Fsp3) is 0.857. The van der Waals surface area contributed by atoms with E-state index in [4.69, 9.17) is 9.05 Å². The van der Waals surface area contributed by atoms with E-state index in [1.54, 1.807) is 13.8 Å². The standard InChI is InChI=1S/C7H17O4PS/c1-5-10-12(3,11-6-2)7-13(4,8)9/h3,5-7H2,1-2,4H3. The molecule has 80 valence electrons. The van der Waals surface area contributed by atoms with E-state index < -0.39 is 17.2 Å². The highest BCUT2D eigenvalue weighted by Gasteiger charge is 2.20. The van der Waals surface area contributed by atoms with Crippen molar-refractivity contribution in [3.8, 4) is 0 Å². The van der Waals surface area contributed by atoms with Crippen molar-refractivity contribution in [3.63, 3.8) is 0 Å². The largest absolute Gasteiger partial charge is 0.337 e. The molecule has 0 atom stereocenters. The molecule has 0 aliphatic heterocycles. The third-order valence-electron chi connectivity index (χ3n) is 1.16. The summed E-state index contributed by atoms with van der Waals surface area (Å²) in [6, 6.07) is 0. The lowest BCUT2D eigenvalue weighted by molar-refractivity contribution is 0.268. The number of hydrogen-bond acceptors (Lipinski definition) is 4. The Labute approximate surface area is 80.3 Å². The summed E-state index contributed by atoms with van der Waals surface area (Å²) in [6.07, 6.45) is 4.88. The summed E-state index contributed by atoms with van der Waals surface area (Å²) in [5.41, 5.74) is -0.109. The molecular weight excluding hydrogens is 211 g/mol. The van der Waals surface area contributed by atoms with Gasteiger partial charge in [0.15, 0.2) is 9.84 Å². The quantitative estimate of drug-likeness (QED) is 0.644. The fourth-order valence-electron chi connectivity index (χ4n) is 0.940. The normalized spacial score (nSPS) is 13.2. The van der Waals surface area contributed by atoms with Crippen LogP contribution in [0.15, 0.2) is 0 Å². The predicted molar refractivity (Wildman–Crippen MR) is 57.0 cm³/mol. The molecule has 0 N–H and O–H groups in total. The zero-order chi connectivity index (χ0) is 10.5. The van der Waals surface area contributed by atoms with Crippen LogP contribution in [0.25, 0.3) is 0 Å². The van der Waals surface area contributed by atoms with Crippen molar-refractivity contribution in [2.75, 3.05) is 25.0 Å². The second kappa shape index (κ2) is 5.15. The van der Waals surface area contributed by atoms with Crippen molar-refractivity contribution in [1.29, 1.82) is 0 Å². The van der Waals surface area contributed by atoms with Gasteiger partial charge >= 0.3 is 0 Å². The van der Waals surface area contributed by atoms with Gasteiger partial charge in [-0.3, -0.25) is 0 Å². The SMILES string of the molecule is C=P(CS(C)(=O)=O)(OCC)OCC. The van der Waals surface area contributed by atoms with E-state index >= 15 is 0 Å². The van der Waals surface area contributed by atoms with Crippen LogP contribution in [0.4, 0.5) is 0 Å². The maximum atomic E-state index is 11.0. The van der Waals surface area contributed by atoms with Crippen LogP contribution in [-0.4, -0.2) is 39.7 Å². The molecule has 0 aromatic carbocycles. The van der Waals surface area contributed by atoms with Gasteiger partial charge in [-0.05, 0) is 13.8 Å². The molecule has 0 saturated carbocycles. The van der Waals surface area contributed by atoms with Crippen LogP contribution >= 0.6 is 7.34 Å². The fourth-order valence-corrected chi connectivity index (χ4v) is 5.41. The summed E-state index contributed by atoms with van der Waals surface area (Å²) < 4.78 is 32.5. The Hall–Kier alpha value is 0.170. The van der Waals surface area contributed by atoms with Crippen molar-refractivity contribution in [2.24, 2.45) is 0 Å². The highest BCUT2D eigenvalue weighted by atomic mass is 32.2.